The van der Waals surface area contributed by atoms with Crippen LogP contribution in [0.25, 0.3) is 0 Å². The van der Waals surface area contributed by atoms with E-state index in [1.807, 2.05) is 41.5 Å². The lowest BCUT2D eigenvalue weighted by atomic mass is 9.81. The Morgan fingerprint density at radius 3 is 1.81 bits per heavy atom. The van der Waals surface area contributed by atoms with Gasteiger partial charge in [-0.2, -0.15) is 0 Å². The third-order valence-corrected chi connectivity index (χ3v) is 9.76. The lowest BCUT2D eigenvalue weighted by Crippen LogP contribution is -2.33. The third-order valence-electron chi connectivity index (χ3n) is 9.76. The van der Waals surface area contributed by atoms with Crippen molar-refractivity contribution in [1.29, 1.82) is 5.41 Å². The maximum atomic E-state index is 13.2. The number of unbranched alkanes of at least 4 members (excludes halogenated alkanes) is 1. The monoisotopic (exact) mass is 722 g/mol. The molecular weight excluding hydrogens is 651 g/mol. The Morgan fingerprint density at radius 2 is 1.25 bits per heavy atom. The van der Waals surface area contributed by atoms with Crippen molar-refractivity contribution >= 4 is 17.9 Å². The molecule has 8 heteroatoms. The minimum atomic E-state index is -0.785. The first-order valence-corrected chi connectivity index (χ1v) is 19.8. The standard InChI is InChI=1S/C44H71N3O5/c1-43(2,3)51-33-39(41(50)52-44(4,5)6)29-27-36(28-30-40(48)49)24-23-35(22-15-31-47-42(45)46)25-26-38(32-37-19-11-8-12-20-37)21-14-13-18-34-16-9-7-10-17-34/h7-12,16-17,19-20,35-36,38-39H,13-15,18,21-33H2,1-6H3,(H,48,49)(H4,45,46,47)/t35-,36?,38-,39-/m0/s1. The van der Waals surface area contributed by atoms with E-state index in [1.165, 1.54) is 30.4 Å². The molecule has 8 nitrogen and oxygen atoms in total. The number of benzene rings is 2. The summed E-state index contributed by atoms with van der Waals surface area (Å²) in [4.78, 5) is 24.9. The summed E-state index contributed by atoms with van der Waals surface area (Å²) in [5.41, 5.74) is 7.39. The summed E-state index contributed by atoms with van der Waals surface area (Å²) in [6.45, 7) is 12.5. The number of carbonyl (C=O) groups is 2. The molecule has 0 fully saturated rings. The van der Waals surface area contributed by atoms with Gasteiger partial charge in [0.1, 0.15) is 5.60 Å². The number of carboxylic acid groups (broad SMARTS) is 1. The molecule has 0 aliphatic rings. The first kappa shape index (κ1) is 44.8. The van der Waals surface area contributed by atoms with Gasteiger partial charge in [0.2, 0.25) is 0 Å². The number of hydrogen-bond acceptors (Lipinski definition) is 5. The Labute approximate surface area is 315 Å². The smallest absolute Gasteiger partial charge is 0.311 e. The van der Waals surface area contributed by atoms with Crippen molar-refractivity contribution in [2.24, 2.45) is 29.4 Å². The minimum Gasteiger partial charge on any atom is -0.481 e. The second-order valence-corrected chi connectivity index (χ2v) is 16.8. The fourth-order valence-electron chi connectivity index (χ4n) is 6.89. The molecule has 0 spiro atoms. The molecule has 0 heterocycles. The number of nitrogens with one attached hydrogen (secondary N) is 2. The molecule has 5 N–H and O–H groups in total. The SMILES string of the molecule is CC(C)(C)OC[C@H](CCC(CCC(=O)O)CC[C@H](CCCNC(=N)N)CC[C@H](CCCCc1ccccc1)Cc1ccccc1)C(=O)OC(C)(C)C. The van der Waals surface area contributed by atoms with Crippen LogP contribution in [0.15, 0.2) is 60.7 Å². The average molecular weight is 722 g/mol. The average Bonchev–Trinajstić information content (AvgIpc) is 3.06. The lowest BCUT2D eigenvalue weighted by molar-refractivity contribution is -0.164. The highest BCUT2D eigenvalue weighted by Crippen LogP contribution is 2.31. The summed E-state index contributed by atoms with van der Waals surface area (Å²) < 4.78 is 11.8. The molecule has 0 radical (unpaired) electrons. The Morgan fingerprint density at radius 1 is 0.712 bits per heavy atom. The van der Waals surface area contributed by atoms with Crippen LogP contribution in [0.5, 0.6) is 0 Å². The molecule has 0 aliphatic heterocycles. The highest BCUT2D eigenvalue weighted by Gasteiger charge is 2.28. The van der Waals surface area contributed by atoms with Crippen LogP contribution in [-0.4, -0.2) is 47.4 Å². The Bertz CT molecular complexity index is 1270. The van der Waals surface area contributed by atoms with Crippen molar-refractivity contribution < 1.29 is 24.2 Å². The number of ether oxygens (including phenoxy) is 2. The van der Waals surface area contributed by atoms with E-state index in [0.29, 0.717) is 31.2 Å². The maximum Gasteiger partial charge on any atom is 0.311 e. The van der Waals surface area contributed by atoms with Crippen LogP contribution < -0.4 is 11.1 Å². The molecule has 2 aromatic rings. The molecule has 292 valence electrons. The quantitative estimate of drug-likeness (QED) is 0.0329. The molecule has 0 aliphatic carbocycles. The van der Waals surface area contributed by atoms with Crippen molar-refractivity contribution in [3.63, 3.8) is 0 Å². The number of aliphatic carboxylic acids is 1. The summed E-state index contributed by atoms with van der Waals surface area (Å²) in [7, 11) is 0. The molecular formula is C44H71N3O5. The van der Waals surface area contributed by atoms with Gasteiger partial charge in [0, 0.05) is 13.0 Å². The van der Waals surface area contributed by atoms with Gasteiger partial charge in [-0.3, -0.25) is 15.0 Å². The number of aryl methyl sites for hydroxylation is 1. The predicted molar refractivity (Wildman–Crippen MR) is 213 cm³/mol. The molecule has 0 bridgehead atoms. The van der Waals surface area contributed by atoms with E-state index in [1.54, 1.807) is 0 Å². The van der Waals surface area contributed by atoms with Gasteiger partial charge in [0.15, 0.2) is 5.96 Å². The highest BCUT2D eigenvalue weighted by atomic mass is 16.6. The number of hydrogen-bond donors (Lipinski definition) is 4. The first-order chi connectivity index (χ1) is 24.6. The van der Waals surface area contributed by atoms with Crippen LogP contribution in [-0.2, 0) is 31.9 Å². The van der Waals surface area contributed by atoms with E-state index in [-0.39, 0.29) is 36.5 Å². The van der Waals surface area contributed by atoms with Crippen LogP contribution in [0.3, 0.4) is 0 Å². The molecule has 0 saturated carbocycles. The summed E-state index contributed by atoms with van der Waals surface area (Å²) in [6, 6.07) is 21.6. The van der Waals surface area contributed by atoms with Gasteiger partial charge in [-0.1, -0.05) is 92.8 Å². The fraction of sp³-hybridized carbons (Fsp3) is 0.659. The van der Waals surface area contributed by atoms with Gasteiger partial charge in [0.05, 0.1) is 18.1 Å². The van der Waals surface area contributed by atoms with Crippen molar-refractivity contribution in [2.75, 3.05) is 13.2 Å². The van der Waals surface area contributed by atoms with Gasteiger partial charge in [0.25, 0.3) is 0 Å². The molecule has 52 heavy (non-hydrogen) atoms. The van der Waals surface area contributed by atoms with Crippen molar-refractivity contribution in [3.05, 3.63) is 71.8 Å². The molecule has 2 rings (SSSR count). The zero-order valence-electron chi connectivity index (χ0n) is 33.3. The number of carboxylic acids is 1. The summed E-state index contributed by atoms with van der Waals surface area (Å²) in [6.07, 6.45) is 14.0. The van der Waals surface area contributed by atoms with Crippen molar-refractivity contribution in [2.45, 2.75) is 149 Å². The van der Waals surface area contributed by atoms with Gasteiger partial charge in [-0.15, -0.1) is 0 Å². The van der Waals surface area contributed by atoms with Crippen LogP contribution >= 0.6 is 0 Å². The van der Waals surface area contributed by atoms with E-state index in [4.69, 9.17) is 20.6 Å². The second kappa shape index (κ2) is 24.0. The number of guanidine groups is 1. The number of rotatable bonds is 26. The number of carbonyl (C=O) groups excluding carboxylic acids is 1. The Hall–Kier alpha value is -3.39. The van der Waals surface area contributed by atoms with Crippen LogP contribution in [0, 0.1) is 29.1 Å². The topological polar surface area (TPSA) is 135 Å². The lowest BCUT2D eigenvalue weighted by Gasteiger charge is -2.28. The number of nitrogens with two attached hydrogens (primary N) is 1. The van der Waals surface area contributed by atoms with E-state index in [9.17, 15) is 14.7 Å². The van der Waals surface area contributed by atoms with Crippen LogP contribution in [0.1, 0.15) is 136 Å². The Kier molecular flexibility index (Phi) is 20.7. The molecule has 1 unspecified atom stereocenters. The van der Waals surface area contributed by atoms with Gasteiger partial charge in [-0.05, 0) is 128 Å². The molecule has 0 amide bonds. The molecule has 0 saturated heterocycles. The van der Waals surface area contributed by atoms with Gasteiger partial charge < -0.3 is 25.6 Å². The normalized spacial score (nSPS) is 14.3. The third kappa shape index (κ3) is 22.5. The number of esters is 1. The molecule has 2 aromatic carbocycles. The van der Waals surface area contributed by atoms with E-state index in [0.717, 1.165) is 57.8 Å². The molecule has 4 atom stereocenters. The van der Waals surface area contributed by atoms with Gasteiger partial charge in [-0.25, -0.2) is 0 Å². The summed E-state index contributed by atoms with van der Waals surface area (Å²) in [5.74, 6) is -0.179. The Balaban J connectivity index is 2.13. The zero-order valence-corrected chi connectivity index (χ0v) is 33.3. The van der Waals surface area contributed by atoms with Crippen LogP contribution in [0.4, 0.5) is 0 Å². The minimum absolute atomic E-state index is 0.00121. The predicted octanol–water partition coefficient (Wildman–Crippen LogP) is 9.73. The first-order valence-electron chi connectivity index (χ1n) is 19.8. The zero-order chi connectivity index (χ0) is 38.4. The van der Waals surface area contributed by atoms with E-state index in [2.05, 4.69) is 66.0 Å². The van der Waals surface area contributed by atoms with Gasteiger partial charge >= 0.3 is 11.9 Å². The second-order valence-electron chi connectivity index (χ2n) is 16.8. The van der Waals surface area contributed by atoms with Crippen LogP contribution in [0.2, 0.25) is 0 Å². The molecule has 0 aromatic heterocycles. The van der Waals surface area contributed by atoms with Crippen molar-refractivity contribution in [1.82, 2.24) is 5.32 Å². The largest absolute Gasteiger partial charge is 0.481 e. The van der Waals surface area contributed by atoms with E-state index >= 15 is 0 Å². The maximum absolute atomic E-state index is 13.2. The highest BCUT2D eigenvalue weighted by molar-refractivity contribution is 5.74. The summed E-state index contributed by atoms with van der Waals surface area (Å²) in [5, 5.41) is 20.1. The van der Waals surface area contributed by atoms with E-state index < -0.39 is 17.5 Å². The van der Waals surface area contributed by atoms with Crippen molar-refractivity contribution in [3.8, 4) is 0 Å². The fourth-order valence-corrected chi connectivity index (χ4v) is 6.89. The summed E-state index contributed by atoms with van der Waals surface area (Å²) >= 11 is 0.